The molecule has 22 heavy (non-hydrogen) atoms. The predicted molar refractivity (Wildman–Crippen MR) is 90.7 cm³/mol. The third-order valence-electron chi connectivity index (χ3n) is 3.18. The van der Waals surface area contributed by atoms with Crippen LogP contribution in [0.15, 0.2) is 36.1 Å². The molecule has 0 saturated carbocycles. The quantitative estimate of drug-likeness (QED) is 0.778. The molecule has 0 radical (unpaired) electrons. The molecule has 7 heteroatoms. The molecule has 3 aromatic heterocycles. The monoisotopic (exact) mass is 335 g/mol. The number of nitrogens with one attached hydrogen (secondary N) is 1. The summed E-state index contributed by atoms with van der Waals surface area (Å²) in [6.45, 7) is 5.56. The highest BCUT2D eigenvalue weighted by Crippen LogP contribution is 2.09. The molecule has 1 N–H and O–H groups in total. The van der Waals surface area contributed by atoms with Crippen LogP contribution in [0, 0.1) is 13.8 Å². The van der Waals surface area contributed by atoms with Gasteiger partial charge in [-0.1, -0.05) is 6.07 Å². The summed E-state index contributed by atoms with van der Waals surface area (Å²) in [4.78, 5) is 13.1. The molecule has 0 aromatic carbocycles. The molecule has 0 fully saturated rings. The molecule has 3 heterocycles. The van der Waals surface area contributed by atoms with E-state index in [1.165, 1.54) is 0 Å². The topological polar surface area (TPSA) is 55.6 Å². The number of thiazole rings is 1. The van der Waals surface area contributed by atoms with Crippen molar-refractivity contribution in [2.24, 2.45) is 0 Å². The maximum atomic E-state index is 4.48. The van der Waals surface area contributed by atoms with Crippen LogP contribution in [-0.2, 0) is 13.1 Å². The smallest absolute Gasteiger partial charge is 0.137 e. The van der Waals surface area contributed by atoms with Crippen LogP contribution in [0.2, 0.25) is 0 Å². The van der Waals surface area contributed by atoms with E-state index in [1.807, 2.05) is 36.9 Å². The van der Waals surface area contributed by atoms with Crippen LogP contribution in [-0.4, -0.2) is 19.5 Å². The van der Waals surface area contributed by atoms with Gasteiger partial charge in [-0.05, 0) is 25.5 Å². The Labute approximate surface area is 139 Å². The fraction of sp³-hybridized carbons (Fsp3) is 0.267. The third kappa shape index (κ3) is 3.91. The van der Waals surface area contributed by atoms with Crippen LogP contribution < -0.4 is 5.32 Å². The van der Waals surface area contributed by atoms with E-state index in [2.05, 4.69) is 31.7 Å². The van der Waals surface area contributed by atoms with Gasteiger partial charge in [0.15, 0.2) is 0 Å². The van der Waals surface area contributed by atoms with Crippen molar-refractivity contribution in [3.05, 3.63) is 58.2 Å². The van der Waals surface area contributed by atoms with E-state index < -0.39 is 0 Å². The summed E-state index contributed by atoms with van der Waals surface area (Å²) in [5, 5.41) is 6.58. The summed E-state index contributed by atoms with van der Waals surface area (Å²) in [6.07, 6.45) is 5.59. The maximum Gasteiger partial charge on any atom is 0.137 e. The van der Waals surface area contributed by atoms with Crippen molar-refractivity contribution in [2.75, 3.05) is 0 Å². The lowest BCUT2D eigenvalue weighted by molar-refractivity contribution is 0.679. The first kappa shape index (κ1) is 16.6. The molecular formula is C15H18ClN5S. The van der Waals surface area contributed by atoms with Crippen LogP contribution in [0.4, 0.5) is 0 Å². The number of halogens is 1. The van der Waals surface area contributed by atoms with Crippen molar-refractivity contribution < 1.29 is 0 Å². The van der Waals surface area contributed by atoms with E-state index in [4.69, 9.17) is 0 Å². The van der Waals surface area contributed by atoms with Crippen molar-refractivity contribution in [1.82, 2.24) is 24.8 Å². The summed E-state index contributed by atoms with van der Waals surface area (Å²) in [5.41, 5.74) is 2.25. The van der Waals surface area contributed by atoms with Gasteiger partial charge in [-0.3, -0.25) is 4.57 Å². The molecule has 3 rings (SSSR count). The van der Waals surface area contributed by atoms with Crippen LogP contribution in [0.5, 0.6) is 0 Å². The van der Waals surface area contributed by atoms with E-state index in [0.717, 1.165) is 41.0 Å². The number of hydrogen-bond acceptors (Lipinski definition) is 5. The second kappa shape index (κ2) is 7.49. The zero-order valence-electron chi connectivity index (χ0n) is 12.5. The molecule has 0 atom stereocenters. The second-order valence-corrected chi connectivity index (χ2v) is 5.89. The van der Waals surface area contributed by atoms with E-state index in [0.29, 0.717) is 0 Å². The average Bonchev–Trinajstić information content (AvgIpc) is 3.09. The maximum absolute atomic E-state index is 4.48. The van der Waals surface area contributed by atoms with E-state index in [-0.39, 0.29) is 12.4 Å². The molecule has 0 bridgehead atoms. The molecule has 0 aliphatic carbocycles. The molecular weight excluding hydrogens is 318 g/mol. The van der Waals surface area contributed by atoms with Crippen molar-refractivity contribution in [3.8, 4) is 5.82 Å². The lowest BCUT2D eigenvalue weighted by Gasteiger charge is -2.06. The summed E-state index contributed by atoms with van der Waals surface area (Å²) >= 11 is 1.68. The van der Waals surface area contributed by atoms with Gasteiger partial charge in [0.25, 0.3) is 0 Å². The molecule has 3 aromatic rings. The second-order valence-electron chi connectivity index (χ2n) is 4.83. The van der Waals surface area contributed by atoms with Gasteiger partial charge in [-0.25, -0.2) is 15.0 Å². The minimum absolute atomic E-state index is 0. The highest BCUT2D eigenvalue weighted by atomic mass is 35.5. The Kier molecular flexibility index (Phi) is 5.65. The van der Waals surface area contributed by atoms with Gasteiger partial charge in [0, 0.05) is 37.1 Å². The van der Waals surface area contributed by atoms with E-state index in [1.54, 1.807) is 17.5 Å². The number of nitrogens with zero attached hydrogens (tertiary/aromatic N) is 4. The highest BCUT2D eigenvalue weighted by molar-refractivity contribution is 7.09. The lowest BCUT2D eigenvalue weighted by Crippen LogP contribution is -2.13. The zero-order chi connectivity index (χ0) is 14.7. The van der Waals surface area contributed by atoms with Gasteiger partial charge in [0.1, 0.15) is 11.6 Å². The molecule has 0 saturated heterocycles. The van der Waals surface area contributed by atoms with Crippen molar-refractivity contribution in [2.45, 2.75) is 26.9 Å². The predicted octanol–water partition coefficient (Wildman–Crippen LogP) is 3.05. The number of rotatable bonds is 5. The Morgan fingerprint density at radius 1 is 1.18 bits per heavy atom. The zero-order valence-corrected chi connectivity index (χ0v) is 14.1. The third-order valence-corrected chi connectivity index (χ3v) is 4.01. The first-order chi connectivity index (χ1) is 10.2. The number of pyridine rings is 1. The number of aromatic nitrogens is 4. The van der Waals surface area contributed by atoms with Gasteiger partial charge in [-0.15, -0.1) is 23.7 Å². The normalized spacial score (nSPS) is 10.5. The largest absolute Gasteiger partial charge is 0.307 e. The molecule has 116 valence electrons. The highest BCUT2D eigenvalue weighted by Gasteiger charge is 2.02. The lowest BCUT2D eigenvalue weighted by atomic mass is 10.2. The molecule has 0 spiro atoms. The van der Waals surface area contributed by atoms with Crippen molar-refractivity contribution >= 4 is 23.7 Å². The Bertz CT molecular complexity index is 720. The first-order valence-corrected chi connectivity index (χ1v) is 7.67. The standard InChI is InChI=1S/C15H17N5S.ClH/c1-11-17-5-6-20(11)15-4-3-13(8-18-15)7-16-9-14-10-21-12(2)19-14;/h3-6,8,10,16H,7,9H2,1-2H3;1H. The van der Waals surface area contributed by atoms with Gasteiger partial charge >= 0.3 is 0 Å². The number of hydrogen-bond donors (Lipinski definition) is 1. The van der Waals surface area contributed by atoms with Gasteiger partial charge in [0.2, 0.25) is 0 Å². The molecule has 0 aliphatic heterocycles. The molecule has 0 amide bonds. The van der Waals surface area contributed by atoms with E-state index >= 15 is 0 Å². The van der Waals surface area contributed by atoms with Crippen molar-refractivity contribution in [1.29, 1.82) is 0 Å². The molecule has 0 aliphatic rings. The van der Waals surface area contributed by atoms with Gasteiger partial charge in [0.05, 0.1) is 10.7 Å². The molecule has 0 unspecified atom stereocenters. The number of aryl methyl sites for hydroxylation is 2. The first-order valence-electron chi connectivity index (χ1n) is 6.79. The van der Waals surface area contributed by atoms with Gasteiger partial charge < -0.3 is 5.32 Å². The van der Waals surface area contributed by atoms with Gasteiger partial charge in [-0.2, -0.15) is 0 Å². The van der Waals surface area contributed by atoms with Crippen molar-refractivity contribution in [3.63, 3.8) is 0 Å². The van der Waals surface area contributed by atoms with E-state index in [9.17, 15) is 0 Å². The minimum atomic E-state index is 0. The summed E-state index contributed by atoms with van der Waals surface area (Å²) in [5.74, 6) is 1.83. The van der Waals surface area contributed by atoms with Crippen LogP contribution >= 0.6 is 23.7 Å². The van der Waals surface area contributed by atoms with Crippen LogP contribution in [0.1, 0.15) is 22.1 Å². The fourth-order valence-corrected chi connectivity index (χ4v) is 2.72. The average molecular weight is 336 g/mol. The SMILES string of the molecule is Cc1nc(CNCc2ccc(-n3ccnc3C)nc2)cs1.Cl. The molecule has 5 nitrogen and oxygen atoms in total. The minimum Gasteiger partial charge on any atom is -0.307 e. The Morgan fingerprint density at radius 2 is 2.05 bits per heavy atom. The Balaban J connectivity index is 0.00000176. The number of imidazole rings is 1. The Hall–Kier alpha value is -1.76. The summed E-state index contributed by atoms with van der Waals surface area (Å²) in [6, 6.07) is 4.10. The van der Waals surface area contributed by atoms with Crippen LogP contribution in [0.25, 0.3) is 5.82 Å². The van der Waals surface area contributed by atoms with Crippen LogP contribution in [0.3, 0.4) is 0 Å². The summed E-state index contributed by atoms with van der Waals surface area (Å²) in [7, 11) is 0. The summed E-state index contributed by atoms with van der Waals surface area (Å²) < 4.78 is 1.97. The Morgan fingerprint density at radius 3 is 2.64 bits per heavy atom. The fourth-order valence-electron chi connectivity index (χ4n) is 2.11.